The molecule has 0 radical (unpaired) electrons. The molecule has 1 amide bonds. The van der Waals surface area contributed by atoms with Gasteiger partial charge in [0.2, 0.25) is 5.91 Å². The van der Waals surface area contributed by atoms with Crippen LogP contribution in [-0.4, -0.2) is 25.0 Å². The van der Waals surface area contributed by atoms with E-state index in [4.69, 9.17) is 4.74 Å². The molecule has 0 heterocycles. The highest BCUT2D eigenvalue weighted by molar-refractivity contribution is 5.89. The highest BCUT2D eigenvalue weighted by Crippen LogP contribution is 2.21. The maximum Gasteiger partial charge on any atom is 0.302 e. The molecule has 0 spiro atoms. The Morgan fingerprint density at radius 3 is 2.46 bits per heavy atom. The number of nitrogens with one attached hydrogen (secondary N) is 1. The maximum absolute atomic E-state index is 11.3. The first kappa shape index (κ1) is 17.5. The van der Waals surface area contributed by atoms with Gasteiger partial charge in [-0.1, -0.05) is 36.4 Å². The Labute approximate surface area is 142 Å². The van der Waals surface area contributed by atoms with Crippen molar-refractivity contribution in [2.24, 2.45) is 0 Å². The topological polar surface area (TPSA) is 58.6 Å². The molecule has 5 heteroatoms. The largest absolute Gasteiger partial charge is 0.464 e. The number of amides is 1. The molecule has 2 rings (SSSR count). The summed E-state index contributed by atoms with van der Waals surface area (Å²) in [7, 11) is 0. The van der Waals surface area contributed by atoms with Crippen molar-refractivity contribution in [3.63, 3.8) is 0 Å². The number of rotatable bonds is 7. The number of hydrogen-bond acceptors (Lipinski definition) is 4. The fraction of sp³-hybridized carbons (Fsp3) is 0.263. The van der Waals surface area contributed by atoms with Gasteiger partial charge in [0.1, 0.15) is 6.61 Å². The van der Waals surface area contributed by atoms with Gasteiger partial charge in [-0.15, -0.1) is 0 Å². The number of ether oxygens (including phenoxy) is 1. The Bertz CT molecular complexity index is 686. The minimum absolute atomic E-state index is 0.110. The number of nitrogens with zero attached hydrogens (tertiary/aromatic N) is 1. The molecule has 2 aromatic carbocycles. The van der Waals surface area contributed by atoms with Gasteiger partial charge in [-0.3, -0.25) is 9.59 Å². The molecule has 2 aromatic rings. The summed E-state index contributed by atoms with van der Waals surface area (Å²) in [6.45, 7) is 4.45. The molecule has 0 aliphatic heterocycles. The third-order valence-corrected chi connectivity index (χ3v) is 3.41. The summed E-state index contributed by atoms with van der Waals surface area (Å²) >= 11 is 0. The lowest BCUT2D eigenvalue weighted by Gasteiger charge is -2.25. The number of carbonyl (C=O) groups is 2. The summed E-state index contributed by atoms with van der Waals surface area (Å²) in [5.41, 5.74) is 2.85. The SMILES string of the molecule is CC(=O)Nc1cccc(N(CCOC(C)=O)Cc2ccccc2)c1. The zero-order chi connectivity index (χ0) is 17.4. The van der Waals surface area contributed by atoms with Crippen molar-refractivity contribution in [2.75, 3.05) is 23.4 Å². The second-order valence-electron chi connectivity index (χ2n) is 5.48. The van der Waals surface area contributed by atoms with E-state index in [9.17, 15) is 9.59 Å². The van der Waals surface area contributed by atoms with Crippen LogP contribution in [0.3, 0.4) is 0 Å². The molecule has 0 saturated carbocycles. The van der Waals surface area contributed by atoms with Crippen molar-refractivity contribution >= 4 is 23.3 Å². The monoisotopic (exact) mass is 326 g/mol. The Morgan fingerprint density at radius 2 is 1.79 bits per heavy atom. The average Bonchev–Trinajstić information content (AvgIpc) is 2.54. The minimum atomic E-state index is -0.290. The van der Waals surface area contributed by atoms with Crippen LogP contribution in [0.25, 0.3) is 0 Å². The fourth-order valence-corrected chi connectivity index (χ4v) is 2.39. The molecule has 0 bridgehead atoms. The van der Waals surface area contributed by atoms with E-state index in [1.165, 1.54) is 13.8 Å². The van der Waals surface area contributed by atoms with E-state index in [-0.39, 0.29) is 11.9 Å². The van der Waals surface area contributed by atoms with E-state index in [1.54, 1.807) is 0 Å². The molecule has 0 unspecified atom stereocenters. The van der Waals surface area contributed by atoms with Crippen LogP contribution < -0.4 is 10.2 Å². The molecule has 5 nitrogen and oxygen atoms in total. The molecule has 0 fully saturated rings. The second-order valence-corrected chi connectivity index (χ2v) is 5.48. The lowest BCUT2D eigenvalue weighted by Crippen LogP contribution is -2.27. The van der Waals surface area contributed by atoms with Gasteiger partial charge in [0.25, 0.3) is 0 Å². The van der Waals surface area contributed by atoms with Crippen LogP contribution in [0.5, 0.6) is 0 Å². The fourth-order valence-electron chi connectivity index (χ4n) is 2.39. The standard InChI is InChI=1S/C19H22N2O3/c1-15(22)20-18-9-6-10-19(13-18)21(11-12-24-16(2)23)14-17-7-4-3-5-8-17/h3-10,13H,11-12,14H2,1-2H3,(H,20,22). The quantitative estimate of drug-likeness (QED) is 0.794. The Kier molecular flexibility index (Phi) is 6.37. The zero-order valence-electron chi connectivity index (χ0n) is 14.0. The lowest BCUT2D eigenvalue weighted by molar-refractivity contribution is -0.140. The van der Waals surface area contributed by atoms with Crippen LogP contribution in [0, 0.1) is 0 Å². The molecule has 24 heavy (non-hydrogen) atoms. The van der Waals surface area contributed by atoms with E-state index in [1.807, 2.05) is 42.5 Å². The second kappa shape index (κ2) is 8.72. The molecular weight excluding hydrogens is 304 g/mol. The van der Waals surface area contributed by atoms with Gasteiger partial charge in [0, 0.05) is 31.8 Å². The summed E-state index contributed by atoms with van der Waals surface area (Å²) in [6.07, 6.45) is 0. The van der Waals surface area contributed by atoms with Gasteiger partial charge in [-0.05, 0) is 23.8 Å². The Morgan fingerprint density at radius 1 is 1.04 bits per heavy atom. The predicted molar refractivity (Wildman–Crippen MR) is 94.9 cm³/mol. The van der Waals surface area contributed by atoms with Gasteiger partial charge >= 0.3 is 5.97 Å². The molecule has 0 aromatic heterocycles. The molecule has 0 aliphatic carbocycles. The third kappa shape index (κ3) is 5.76. The predicted octanol–water partition coefficient (Wildman–Crippen LogP) is 3.21. The van der Waals surface area contributed by atoms with Crippen molar-refractivity contribution in [3.05, 3.63) is 60.2 Å². The van der Waals surface area contributed by atoms with Gasteiger partial charge in [0.05, 0.1) is 6.54 Å². The summed E-state index contributed by atoms with van der Waals surface area (Å²) in [6, 6.07) is 17.7. The molecule has 1 N–H and O–H groups in total. The van der Waals surface area contributed by atoms with Crippen LogP contribution in [-0.2, 0) is 20.9 Å². The van der Waals surface area contributed by atoms with Crippen molar-refractivity contribution < 1.29 is 14.3 Å². The summed E-state index contributed by atoms with van der Waals surface area (Å²) in [5, 5.41) is 2.79. The number of hydrogen-bond donors (Lipinski definition) is 1. The molecule has 0 atom stereocenters. The van der Waals surface area contributed by atoms with Crippen LogP contribution in [0.1, 0.15) is 19.4 Å². The lowest BCUT2D eigenvalue weighted by atomic mass is 10.2. The molecule has 126 valence electrons. The van der Waals surface area contributed by atoms with E-state index in [0.717, 1.165) is 16.9 Å². The average molecular weight is 326 g/mol. The summed E-state index contributed by atoms with van der Waals surface area (Å²) in [5.74, 6) is -0.400. The highest BCUT2D eigenvalue weighted by Gasteiger charge is 2.09. The van der Waals surface area contributed by atoms with Crippen molar-refractivity contribution in [2.45, 2.75) is 20.4 Å². The first-order chi connectivity index (χ1) is 11.5. The first-order valence-corrected chi connectivity index (χ1v) is 7.84. The molecule has 0 aliphatic rings. The normalized spacial score (nSPS) is 10.1. The zero-order valence-corrected chi connectivity index (χ0v) is 14.0. The van der Waals surface area contributed by atoms with Crippen LogP contribution in [0.4, 0.5) is 11.4 Å². The third-order valence-electron chi connectivity index (χ3n) is 3.41. The number of carbonyl (C=O) groups excluding carboxylic acids is 2. The smallest absolute Gasteiger partial charge is 0.302 e. The highest BCUT2D eigenvalue weighted by atomic mass is 16.5. The van der Waals surface area contributed by atoms with E-state index in [2.05, 4.69) is 22.3 Å². The number of esters is 1. The van der Waals surface area contributed by atoms with Crippen molar-refractivity contribution in [1.82, 2.24) is 0 Å². The summed E-state index contributed by atoms with van der Waals surface area (Å²) < 4.78 is 5.08. The Hall–Kier alpha value is -2.82. The summed E-state index contributed by atoms with van der Waals surface area (Å²) in [4.78, 5) is 24.4. The van der Waals surface area contributed by atoms with Gasteiger partial charge in [-0.25, -0.2) is 0 Å². The number of anilines is 2. The molecular formula is C19H22N2O3. The first-order valence-electron chi connectivity index (χ1n) is 7.84. The van der Waals surface area contributed by atoms with Crippen molar-refractivity contribution in [3.8, 4) is 0 Å². The minimum Gasteiger partial charge on any atom is -0.464 e. The van der Waals surface area contributed by atoms with Gasteiger partial charge in [-0.2, -0.15) is 0 Å². The van der Waals surface area contributed by atoms with Gasteiger partial charge in [0.15, 0.2) is 0 Å². The number of benzene rings is 2. The van der Waals surface area contributed by atoms with Crippen LogP contribution in [0.2, 0.25) is 0 Å². The maximum atomic E-state index is 11.3. The van der Waals surface area contributed by atoms with Crippen LogP contribution in [0.15, 0.2) is 54.6 Å². The van der Waals surface area contributed by atoms with E-state index in [0.29, 0.717) is 19.7 Å². The van der Waals surface area contributed by atoms with Crippen LogP contribution >= 0.6 is 0 Å². The van der Waals surface area contributed by atoms with E-state index >= 15 is 0 Å². The van der Waals surface area contributed by atoms with Gasteiger partial charge < -0.3 is 15.0 Å². The van der Waals surface area contributed by atoms with Crippen molar-refractivity contribution in [1.29, 1.82) is 0 Å². The van der Waals surface area contributed by atoms with E-state index < -0.39 is 0 Å². The molecule has 0 saturated heterocycles. The Balaban J connectivity index is 2.17.